The van der Waals surface area contributed by atoms with Crippen LogP contribution >= 0.6 is 0 Å². The van der Waals surface area contributed by atoms with E-state index in [4.69, 9.17) is 0 Å². The highest BCUT2D eigenvalue weighted by Gasteiger charge is 2.21. The van der Waals surface area contributed by atoms with Gasteiger partial charge in [-0.3, -0.25) is 4.79 Å². The van der Waals surface area contributed by atoms with Gasteiger partial charge in [0.25, 0.3) is 0 Å². The second-order valence-electron chi connectivity index (χ2n) is 5.90. The molecule has 2 N–H and O–H groups in total. The number of hydrogen-bond donors (Lipinski definition) is 2. The summed E-state index contributed by atoms with van der Waals surface area (Å²) >= 11 is 0. The van der Waals surface area contributed by atoms with Crippen LogP contribution in [0.4, 0.5) is 5.69 Å². The van der Waals surface area contributed by atoms with Crippen LogP contribution in [0.1, 0.15) is 44.1 Å². The van der Waals surface area contributed by atoms with Crippen molar-refractivity contribution in [3.8, 4) is 0 Å². The van der Waals surface area contributed by atoms with Gasteiger partial charge in [-0.15, -0.1) is 0 Å². The molecule has 3 heteroatoms. The average Bonchev–Trinajstić information content (AvgIpc) is 3.17. The molecule has 1 aromatic rings. The predicted molar refractivity (Wildman–Crippen MR) is 76.9 cm³/mol. The van der Waals surface area contributed by atoms with Crippen molar-refractivity contribution >= 4 is 11.6 Å². The molecule has 2 fully saturated rings. The molecule has 2 saturated carbocycles. The summed E-state index contributed by atoms with van der Waals surface area (Å²) in [6.45, 7) is 0.932. The molecule has 0 spiro atoms. The summed E-state index contributed by atoms with van der Waals surface area (Å²) in [6, 6.07) is 8.93. The van der Waals surface area contributed by atoms with Gasteiger partial charge in [0, 0.05) is 24.7 Å². The Bertz CT molecular complexity index is 433. The van der Waals surface area contributed by atoms with Gasteiger partial charge in [0.15, 0.2) is 0 Å². The van der Waals surface area contributed by atoms with Crippen LogP contribution in [0.3, 0.4) is 0 Å². The lowest BCUT2D eigenvalue weighted by Gasteiger charge is -2.24. The van der Waals surface area contributed by atoms with Crippen LogP contribution in [-0.2, 0) is 11.3 Å². The van der Waals surface area contributed by atoms with E-state index >= 15 is 0 Å². The third kappa shape index (κ3) is 3.80. The standard InChI is InChI=1S/C16H22N2O/c19-16(10-12-2-1-3-12)18-15-6-4-13(5-7-15)11-17-14-8-9-14/h4-7,12,14,17H,1-3,8-11H2,(H,18,19). The first-order chi connectivity index (χ1) is 9.29. The summed E-state index contributed by atoms with van der Waals surface area (Å²) in [5.41, 5.74) is 2.20. The second kappa shape index (κ2) is 5.74. The maximum absolute atomic E-state index is 11.8. The van der Waals surface area contributed by atoms with Gasteiger partial charge in [-0.25, -0.2) is 0 Å². The van der Waals surface area contributed by atoms with Gasteiger partial charge in [-0.05, 0) is 49.3 Å². The molecule has 0 saturated heterocycles. The normalized spacial score (nSPS) is 18.9. The fraction of sp³-hybridized carbons (Fsp3) is 0.562. The number of anilines is 1. The zero-order valence-electron chi connectivity index (χ0n) is 11.3. The number of benzene rings is 1. The van der Waals surface area contributed by atoms with Crippen molar-refractivity contribution in [3.63, 3.8) is 0 Å². The van der Waals surface area contributed by atoms with Crippen molar-refractivity contribution in [3.05, 3.63) is 29.8 Å². The van der Waals surface area contributed by atoms with E-state index in [0.717, 1.165) is 18.3 Å². The molecule has 1 amide bonds. The van der Waals surface area contributed by atoms with Gasteiger partial charge in [-0.1, -0.05) is 18.6 Å². The Morgan fingerprint density at radius 3 is 2.42 bits per heavy atom. The highest BCUT2D eigenvalue weighted by atomic mass is 16.1. The van der Waals surface area contributed by atoms with Crippen LogP contribution < -0.4 is 10.6 Å². The van der Waals surface area contributed by atoms with Crippen LogP contribution in [0.5, 0.6) is 0 Å². The maximum Gasteiger partial charge on any atom is 0.224 e. The minimum absolute atomic E-state index is 0.161. The molecule has 0 unspecified atom stereocenters. The molecular formula is C16H22N2O. The Morgan fingerprint density at radius 2 is 1.84 bits per heavy atom. The van der Waals surface area contributed by atoms with E-state index in [1.165, 1.54) is 37.7 Å². The third-order valence-corrected chi connectivity index (χ3v) is 4.11. The second-order valence-corrected chi connectivity index (χ2v) is 5.90. The molecule has 0 aliphatic heterocycles. The Kier molecular flexibility index (Phi) is 3.83. The van der Waals surface area contributed by atoms with Crippen LogP contribution in [0, 0.1) is 5.92 Å². The zero-order valence-corrected chi connectivity index (χ0v) is 11.3. The van der Waals surface area contributed by atoms with Crippen LogP contribution in [0.25, 0.3) is 0 Å². The summed E-state index contributed by atoms with van der Waals surface area (Å²) in [4.78, 5) is 11.8. The molecule has 102 valence electrons. The third-order valence-electron chi connectivity index (χ3n) is 4.11. The Labute approximate surface area is 114 Å². The molecule has 19 heavy (non-hydrogen) atoms. The summed E-state index contributed by atoms with van der Waals surface area (Å²) in [7, 11) is 0. The van der Waals surface area contributed by atoms with E-state index in [9.17, 15) is 4.79 Å². The predicted octanol–water partition coefficient (Wildman–Crippen LogP) is 3.07. The largest absolute Gasteiger partial charge is 0.326 e. The topological polar surface area (TPSA) is 41.1 Å². The van der Waals surface area contributed by atoms with Crippen molar-refractivity contribution < 1.29 is 4.79 Å². The van der Waals surface area contributed by atoms with Gasteiger partial charge in [0.1, 0.15) is 0 Å². The fourth-order valence-electron chi connectivity index (χ4n) is 2.43. The van der Waals surface area contributed by atoms with Gasteiger partial charge in [0.2, 0.25) is 5.91 Å². The molecule has 3 nitrogen and oxygen atoms in total. The molecular weight excluding hydrogens is 236 g/mol. The van der Waals surface area contributed by atoms with Crippen LogP contribution in [-0.4, -0.2) is 11.9 Å². The van der Waals surface area contributed by atoms with Gasteiger partial charge >= 0.3 is 0 Å². The first-order valence-electron chi connectivity index (χ1n) is 7.42. The Hall–Kier alpha value is -1.35. The minimum Gasteiger partial charge on any atom is -0.326 e. The summed E-state index contributed by atoms with van der Waals surface area (Å²) in [6.07, 6.45) is 7.05. The quantitative estimate of drug-likeness (QED) is 0.823. The van der Waals surface area contributed by atoms with Crippen LogP contribution in [0.2, 0.25) is 0 Å². The maximum atomic E-state index is 11.8. The molecule has 1 aromatic carbocycles. The van der Waals surface area contributed by atoms with Crippen molar-refractivity contribution in [2.75, 3.05) is 5.32 Å². The van der Waals surface area contributed by atoms with E-state index in [-0.39, 0.29) is 5.91 Å². The molecule has 0 bridgehead atoms. The first kappa shape index (κ1) is 12.7. The zero-order chi connectivity index (χ0) is 13.1. The monoisotopic (exact) mass is 258 g/mol. The van der Waals surface area contributed by atoms with E-state index < -0.39 is 0 Å². The fourth-order valence-corrected chi connectivity index (χ4v) is 2.43. The van der Waals surface area contributed by atoms with Crippen molar-refractivity contribution in [1.29, 1.82) is 0 Å². The van der Waals surface area contributed by atoms with Crippen molar-refractivity contribution in [2.45, 2.75) is 51.1 Å². The van der Waals surface area contributed by atoms with E-state index in [2.05, 4.69) is 22.8 Å². The number of carbonyl (C=O) groups excluding carboxylic acids is 1. The average molecular weight is 258 g/mol. The van der Waals surface area contributed by atoms with Gasteiger partial charge < -0.3 is 10.6 Å². The minimum atomic E-state index is 0.161. The van der Waals surface area contributed by atoms with E-state index in [0.29, 0.717) is 12.3 Å². The van der Waals surface area contributed by atoms with Gasteiger partial charge in [-0.2, -0.15) is 0 Å². The van der Waals surface area contributed by atoms with Gasteiger partial charge in [0.05, 0.1) is 0 Å². The van der Waals surface area contributed by atoms with Crippen molar-refractivity contribution in [1.82, 2.24) is 5.32 Å². The highest BCUT2D eigenvalue weighted by Crippen LogP contribution is 2.29. The SMILES string of the molecule is O=C(CC1CCC1)Nc1ccc(CNC2CC2)cc1. The molecule has 2 aliphatic carbocycles. The number of amides is 1. The Morgan fingerprint density at radius 1 is 1.11 bits per heavy atom. The number of rotatable bonds is 6. The molecule has 0 atom stereocenters. The number of nitrogens with one attached hydrogen (secondary N) is 2. The molecule has 0 aromatic heterocycles. The van der Waals surface area contributed by atoms with Crippen LogP contribution in [0.15, 0.2) is 24.3 Å². The lowest BCUT2D eigenvalue weighted by molar-refractivity contribution is -0.117. The highest BCUT2D eigenvalue weighted by molar-refractivity contribution is 5.90. The summed E-state index contributed by atoms with van der Waals surface area (Å²) < 4.78 is 0. The van der Waals surface area contributed by atoms with E-state index in [1.807, 2.05) is 12.1 Å². The molecule has 0 radical (unpaired) electrons. The van der Waals surface area contributed by atoms with Crippen molar-refractivity contribution in [2.24, 2.45) is 5.92 Å². The summed E-state index contributed by atoms with van der Waals surface area (Å²) in [5, 5.41) is 6.47. The van der Waals surface area contributed by atoms with E-state index in [1.54, 1.807) is 0 Å². The first-order valence-corrected chi connectivity index (χ1v) is 7.42. The molecule has 3 rings (SSSR count). The molecule has 0 heterocycles. The number of hydrogen-bond acceptors (Lipinski definition) is 2. The smallest absolute Gasteiger partial charge is 0.224 e. The molecule has 2 aliphatic rings. The number of carbonyl (C=O) groups is 1. The summed E-state index contributed by atoms with van der Waals surface area (Å²) in [5.74, 6) is 0.788. The Balaban J connectivity index is 1.45. The lowest BCUT2D eigenvalue weighted by atomic mass is 9.83. The lowest BCUT2D eigenvalue weighted by Crippen LogP contribution is -2.20.